The van der Waals surface area contributed by atoms with E-state index in [9.17, 15) is 4.79 Å². The normalized spacial score (nSPS) is 10.6. The van der Waals surface area contributed by atoms with Gasteiger partial charge in [0.25, 0.3) is 0 Å². The molecule has 6 nitrogen and oxygen atoms in total. The van der Waals surface area contributed by atoms with Crippen molar-refractivity contribution in [3.05, 3.63) is 24.5 Å². The molecule has 0 saturated heterocycles. The third kappa shape index (κ3) is 4.30. The predicted molar refractivity (Wildman–Crippen MR) is 87.6 cm³/mol. The number of thioether (sulfide) groups is 1. The molecule has 0 saturated carbocycles. The minimum Gasteiger partial charge on any atom is -0.355 e. The summed E-state index contributed by atoms with van der Waals surface area (Å²) >= 11 is 1.42. The molecule has 1 N–H and O–H groups in total. The van der Waals surface area contributed by atoms with Crippen LogP contribution in [0.3, 0.4) is 0 Å². The van der Waals surface area contributed by atoms with Gasteiger partial charge in [0, 0.05) is 31.0 Å². The summed E-state index contributed by atoms with van der Waals surface area (Å²) in [5, 5.41) is 12.2. The van der Waals surface area contributed by atoms with Gasteiger partial charge >= 0.3 is 0 Å². The Labute approximate surface area is 134 Å². The molecule has 2 aromatic rings. The molecular formula is C15H21N5OS. The fourth-order valence-corrected chi connectivity index (χ4v) is 2.78. The van der Waals surface area contributed by atoms with Gasteiger partial charge in [0.1, 0.15) is 0 Å². The van der Waals surface area contributed by atoms with Crippen molar-refractivity contribution in [1.82, 2.24) is 25.1 Å². The van der Waals surface area contributed by atoms with Gasteiger partial charge in [0.15, 0.2) is 11.0 Å². The van der Waals surface area contributed by atoms with E-state index in [0.29, 0.717) is 12.3 Å². The summed E-state index contributed by atoms with van der Waals surface area (Å²) in [4.78, 5) is 15.7. The van der Waals surface area contributed by atoms with Gasteiger partial charge < -0.3 is 9.88 Å². The number of pyridine rings is 1. The molecule has 1 amide bonds. The fourth-order valence-electron chi connectivity index (χ4n) is 1.98. The van der Waals surface area contributed by atoms with Crippen molar-refractivity contribution in [2.24, 2.45) is 0 Å². The Balaban J connectivity index is 2.12. The number of carbonyl (C=O) groups is 1. The Morgan fingerprint density at radius 2 is 2.00 bits per heavy atom. The lowest BCUT2D eigenvalue weighted by Crippen LogP contribution is -2.25. The maximum atomic E-state index is 11.7. The summed E-state index contributed by atoms with van der Waals surface area (Å²) < 4.78 is 2.06. The Morgan fingerprint density at radius 3 is 2.68 bits per heavy atom. The maximum Gasteiger partial charge on any atom is 0.230 e. The molecule has 2 aromatic heterocycles. The van der Waals surface area contributed by atoms with Crippen LogP contribution < -0.4 is 5.32 Å². The van der Waals surface area contributed by atoms with Crippen LogP contribution in [-0.2, 0) is 11.3 Å². The largest absolute Gasteiger partial charge is 0.355 e. The average molecular weight is 319 g/mol. The molecule has 22 heavy (non-hydrogen) atoms. The predicted octanol–water partition coefficient (Wildman–Crippen LogP) is 2.37. The highest BCUT2D eigenvalue weighted by atomic mass is 32.2. The number of nitrogens with one attached hydrogen (secondary N) is 1. The van der Waals surface area contributed by atoms with Gasteiger partial charge in [0.05, 0.1) is 5.75 Å². The first kappa shape index (κ1) is 16.5. The lowest BCUT2D eigenvalue weighted by Gasteiger charge is -2.08. The number of hydrogen-bond acceptors (Lipinski definition) is 5. The van der Waals surface area contributed by atoms with E-state index in [2.05, 4.69) is 32.0 Å². The minimum absolute atomic E-state index is 0.0309. The molecule has 0 spiro atoms. The smallest absolute Gasteiger partial charge is 0.230 e. The van der Waals surface area contributed by atoms with Gasteiger partial charge in [0.2, 0.25) is 5.91 Å². The zero-order chi connectivity index (χ0) is 15.8. The van der Waals surface area contributed by atoms with Gasteiger partial charge in [-0.15, -0.1) is 10.2 Å². The first-order chi connectivity index (χ1) is 10.8. The van der Waals surface area contributed by atoms with Crippen LogP contribution in [0.4, 0.5) is 0 Å². The molecule has 0 fully saturated rings. The van der Waals surface area contributed by atoms with E-state index >= 15 is 0 Å². The Kier molecular flexibility index (Phi) is 6.39. The van der Waals surface area contributed by atoms with Crippen LogP contribution in [0, 0.1) is 0 Å². The van der Waals surface area contributed by atoms with Crippen molar-refractivity contribution in [3.63, 3.8) is 0 Å². The molecule has 0 aliphatic rings. The van der Waals surface area contributed by atoms with E-state index < -0.39 is 0 Å². The monoisotopic (exact) mass is 319 g/mol. The molecule has 7 heteroatoms. The molecule has 0 radical (unpaired) electrons. The molecule has 0 unspecified atom stereocenters. The van der Waals surface area contributed by atoms with Crippen molar-refractivity contribution in [2.75, 3.05) is 12.3 Å². The first-order valence-electron chi connectivity index (χ1n) is 7.49. The van der Waals surface area contributed by atoms with E-state index in [0.717, 1.165) is 35.9 Å². The van der Waals surface area contributed by atoms with Gasteiger partial charge in [-0.3, -0.25) is 9.78 Å². The van der Waals surface area contributed by atoms with Gasteiger partial charge in [-0.05, 0) is 25.0 Å². The van der Waals surface area contributed by atoms with Crippen LogP contribution >= 0.6 is 11.8 Å². The van der Waals surface area contributed by atoms with Crippen LogP contribution in [0.2, 0.25) is 0 Å². The second-order valence-electron chi connectivity index (χ2n) is 4.83. The van der Waals surface area contributed by atoms with E-state index in [-0.39, 0.29) is 5.91 Å². The molecule has 0 aliphatic carbocycles. The van der Waals surface area contributed by atoms with E-state index in [1.54, 1.807) is 12.4 Å². The highest BCUT2D eigenvalue weighted by Crippen LogP contribution is 2.23. The summed E-state index contributed by atoms with van der Waals surface area (Å²) in [5.74, 6) is 1.21. The van der Waals surface area contributed by atoms with E-state index in [4.69, 9.17) is 0 Å². The lowest BCUT2D eigenvalue weighted by molar-refractivity contribution is -0.118. The highest BCUT2D eigenvalue weighted by molar-refractivity contribution is 7.99. The summed E-state index contributed by atoms with van der Waals surface area (Å²) in [7, 11) is 0. The van der Waals surface area contributed by atoms with E-state index in [1.165, 1.54) is 11.8 Å². The quantitative estimate of drug-likeness (QED) is 0.756. The summed E-state index contributed by atoms with van der Waals surface area (Å²) in [5.41, 5.74) is 0.984. The molecule has 2 rings (SSSR count). The second-order valence-corrected chi connectivity index (χ2v) is 5.77. The lowest BCUT2D eigenvalue weighted by atomic mass is 10.2. The molecule has 118 valence electrons. The van der Waals surface area contributed by atoms with Gasteiger partial charge in [-0.1, -0.05) is 25.6 Å². The molecule has 0 aromatic carbocycles. The minimum atomic E-state index is 0.0309. The molecule has 0 aliphatic heterocycles. The average Bonchev–Trinajstić information content (AvgIpc) is 2.95. The molecule has 2 heterocycles. The van der Waals surface area contributed by atoms with Crippen molar-refractivity contribution >= 4 is 17.7 Å². The van der Waals surface area contributed by atoms with Crippen LogP contribution in [0.5, 0.6) is 0 Å². The fraction of sp³-hybridized carbons (Fsp3) is 0.467. The first-order valence-corrected chi connectivity index (χ1v) is 8.47. The van der Waals surface area contributed by atoms with Crippen molar-refractivity contribution in [1.29, 1.82) is 0 Å². The number of rotatable bonds is 8. The molecular weight excluding hydrogens is 298 g/mol. The third-order valence-corrected chi connectivity index (χ3v) is 3.97. The van der Waals surface area contributed by atoms with Crippen molar-refractivity contribution in [3.8, 4) is 11.4 Å². The Bertz CT molecular complexity index is 599. The van der Waals surface area contributed by atoms with E-state index in [1.807, 2.05) is 19.1 Å². The number of nitrogens with zero attached hydrogens (tertiary/aromatic N) is 4. The zero-order valence-electron chi connectivity index (χ0n) is 13.0. The van der Waals surface area contributed by atoms with Crippen molar-refractivity contribution in [2.45, 2.75) is 38.4 Å². The summed E-state index contributed by atoms with van der Waals surface area (Å²) in [6.07, 6.45) is 5.40. The van der Waals surface area contributed by atoms with Gasteiger partial charge in [-0.2, -0.15) is 0 Å². The number of amides is 1. The number of aromatic nitrogens is 4. The SMILES string of the molecule is CCCNC(=O)CSc1nnc(-c2ccncc2)n1CCC. The highest BCUT2D eigenvalue weighted by Gasteiger charge is 2.14. The molecule has 0 atom stereocenters. The Hall–Kier alpha value is -1.89. The third-order valence-electron chi connectivity index (χ3n) is 3.01. The second kappa shape index (κ2) is 8.53. The summed E-state index contributed by atoms with van der Waals surface area (Å²) in [6, 6.07) is 3.83. The van der Waals surface area contributed by atoms with Gasteiger partial charge in [-0.25, -0.2) is 0 Å². The standard InChI is InChI=1S/C15H21N5OS/c1-3-7-17-13(21)11-22-15-19-18-14(20(15)10-4-2)12-5-8-16-9-6-12/h5-6,8-9H,3-4,7,10-11H2,1-2H3,(H,17,21). The topological polar surface area (TPSA) is 72.7 Å². The van der Waals surface area contributed by atoms with Crippen LogP contribution in [0.15, 0.2) is 29.7 Å². The van der Waals surface area contributed by atoms with Crippen molar-refractivity contribution < 1.29 is 4.79 Å². The Morgan fingerprint density at radius 1 is 1.23 bits per heavy atom. The molecule has 0 bridgehead atoms. The van der Waals surface area contributed by atoms with Crippen LogP contribution in [0.1, 0.15) is 26.7 Å². The number of hydrogen-bond donors (Lipinski definition) is 1. The number of carbonyl (C=O) groups excluding carboxylic acids is 1. The maximum absolute atomic E-state index is 11.7. The zero-order valence-corrected chi connectivity index (χ0v) is 13.8. The van der Waals surface area contributed by atoms with Crippen LogP contribution in [0.25, 0.3) is 11.4 Å². The summed E-state index contributed by atoms with van der Waals surface area (Å²) in [6.45, 7) is 5.68. The van der Waals surface area contributed by atoms with Crippen LogP contribution in [-0.4, -0.2) is 38.0 Å².